The molecule has 0 spiro atoms. The quantitative estimate of drug-likeness (QED) is 0.505. The first-order chi connectivity index (χ1) is 14.2. The molecule has 0 aliphatic carbocycles. The van der Waals surface area contributed by atoms with Crippen LogP contribution in [0.4, 0.5) is 11.4 Å². The minimum absolute atomic E-state index is 0.0847. The Morgan fingerprint density at radius 3 is 2.73 bits per heavy atom. The molecular weight excluding hydrogens is 408 g/mol. The van der Waals surface area contributed by atoms with Crippen molar-refractivity contribution in [3.8, 4) is 0 Å². The predicted molar refractivity (Wildman–Crippen MR) is 114 cm³/mol. The van der Waals surface area contributed by atoms with Gasteiger partial charge in [-0.3, -0.25) is 18.9 Å². The van der Waals surface area contributed by atoms with Gasteiger partial charge >= 0.3 is 0 Å². The van der Waals surface area contributed by atoms with Gasteiger partial charge in [0.25, 0.3) is 5.56 Å². The van der Waals surface area contributed by atoms with Crippen LogP contribution in [0.2, 0.25) is 0 Å². The third-order valence-electron chi connectivity index (χ3n) is 4.48. The van der Waals surface area contributed by atoms with Crippen LogP contribution in [0.3, 0.4) is 0 Å². The Kier molecular flexibility index (Phi) is 4.78. The number of hydrogen-bond acceptors (Lipinski definition) is 6. The van der Waals surface area contributed by atoms with Gasteiger partial charge in [-0.1, -0.05) is 18.2 Å². The molecule has 2 N–H and O–H groups in total. The number of furan rings is 1. The molecule has 2 aromatic heterocycles. The number of nitrogens with one attached hydrogen (secondary N) is 2. The zero-order chi connectivity index (χ0) is 21.5. The third kappa shape index (κ3) is 3.90. The molecule has 9 nitrogen and oxygen atoms in total. The van der Waals surface area contributed by atoms with Crippen LogP contribution in [-0.4, -0.2) is 30.1 Å². The minimum Gasteiger partial charge on any atom is -0.448 e. The normalized spacial score (nSPS) is 11.7. The van der Waals surface area contributed by atoms with Crippen molar-refractivity contribution in [3.05, 3.63) is 64.7 Å². The van der Waals surface area contributed by atoms with E-state index in [1.807, 2.05) is 12.1 Å². The van der Waals surface area contributed by atoms with E-state index in [1.165, 1.54) is 12.4 Å². The average molecular weight is 426 g/mol. The van der Waals surface area contributed by atoms with E-state index >= 15 is 0 Å². The fraction of sp³-hybridized carbons (Fsp3) is 0.150. The molecule has 0 aliphatic heterocycles. The van der Waals surface area contributed by atoms with Crippen molar-refractivity contribution in [2.45, 2.75) is 13.5 Å². The van der Waals surface area contributed by atoms with Crippen molar-refractivity contribution >= 4 is 49.4 Å². The summed E-state index contributed by atoms with van der Waals surface area (Å²) in [5, 5.41) is 3.38. The number of carbonyl (C=O) groups excluding carboxylic acids is 1. The number of para-hydroxylation sites is 1. The number of carbonyl (C=O) groups is 1. The molecule has 0 atom stereocenters. The number of hydrogen-bond donors (Lipinski definition) is 2. The molecule has 0 radical (unpaired) electrons. The van der Waals surface area contributed by atoms with Gasteiger partial charge in [-0.2, -0.15) is 0 Å². The van der Waals surface area contributed by atoms with Crippen LogP contribution in [0.25, 0.3) is 22.1 Å². The summed E-state index contributed by atoms with van der Waals surface area (Å²) in [5.74, 6) is -0.469. The second-order valence-electron chi connectivity index (χ2n) is 6.91. The van der Waals surface area contributed by atoms with Crippen molar-refractivity contribution in [1.29, 1.82) is 0 Å². The molecule has 0 saturated carbocycles. The van der Waals surface area contributed by atoms with E-state index in [0.29, 0.717) is 28.0 Å². The number of fused-ring (bicyclic) bond motifs is 3. The van der Waals surface area contributed by atoms with Crippen molar-refractivity contribution in [1.82, 2.24) is 9.55 Å². The highest BCUT2D eigenvalue weighted by Crippen LogP contribution is 2.24. The van der Waals surface area contributed by atoms with Gasteiger partial charge in [0.2, 0.25) is 21.5 Å². The Hall–Kier alpha value is -3.66. The summed E-state index contributed by atoms with van der Waals surface area (Å²) >= 11 is 0. The first-order valence-electron chi connectivity index (χ1n) is 8.96. The third-order valence-corrected chi connectivity index (χ3v) is 5.07. The van der Waals surface area contributed by atoms with Gasteiger partial charge in [-0.15, -0.1) is 0 Å². The summed E-state index contributed by atoms with van der Waals surface area (Å²) in [6.07, 6.45) is 2.35. The first kappa shape index (κ1) is 19.6. The van der Waals surface area contributed by atoms with E-state index in [4.69, 9.17) is 4.42 Å². The maximum Gasteiger partial charge on any atom is 0.297 e. The molecule has 0 fully saturated rings. The highest BCUT2D eigenvalue weighted by Gasteiger charge is 2.15. The predicted octanol–water partition coefficient (Wildman–Crippen LogP) is 2.46. The Balaban J connectivity index is 1.58. The van der Waals surface area contributed by atoms with Crippen molar-refractivity contribution in [3.63, 3.8) is 0 Å². The molecule has 1 amide bonds. The summed E-state index contributed by atoms with van der Waals surface area (Å²) in [6, 6.07) is 12.0. The number of anilines is 2. The Morgan fingerprint density at radius 1 is 1.20 bits per heavy atom. The smallest absolute Gasteiger partial charge is 0.297 e. The fourth-order valence-corrected chi connectivity index (χ4v) is 3.71. The van der Waals surface area contributed by atoms with E-state index in [1.54, 1.807) is 31.2 Å². The molecule has 0 unspecified atom stereocenters. The molecule has 0 bridgehead atoms. The van der Waals surface area contributed by atoms with Gasteiger partial charge in [0.05, 0.1) is 18.3 Å². The second kappa shape index (κ2) is 7.30. The molecule has 10 heteroatoms. The van der Waals surface area contributed by atoms with E-state index in [0.717, 1.165) is 16.2 Å². The largest absolute Gasteiger partial charge is 0.448 e. The zero-order valence-electron chi connectivity index (χ0n) is 16.2. The Morgan fingerprint density at radius 2 is 1.97 bits per heavy atom. The van der Waals surface area contributed by atoms with Crippen LogP contribution in [0.1, 0.15) is 5.56 Å². The second-order valence-corrected chi connectivity index (χ2v) is 8.65. The van der Waals surface area contributed by atoms with Crippen LogP contribution in [0.5, 0.6) is 0 Å². The maximum absolute atomic E-state index is 12.7. The van der Waals surface area contributed by atoms with Gasteiger partial charge in [-0.25, -0.2) is 13.4 Å². The highest BCUT2D eigenvalue weighted by atomic mass is 32.2. The Labute approximate surface area is 171 Å². The Bertz CT molecular complexity index is 1450. The van der Waals surface area contributed by atoms with Crippen molar-refractivity contribution in [2.24, 2.45) is 0 Å². The lowest BCUT2D eigenvalue weighted by atomic mass is 10.2. The number of aryl methyl sites for hydroxylation is 1. The molecule has 0 aliphatic rings. The van der Waals surface area contributed by atoms with E-state index in [-0.39, 0.29) is 12.1 Å². The van der Waals surface area contributed by atoms with Gasteiger partial charge in [-0.05, 0) is 36.8 Å². The average Bonchev–Trinajstić information content (AvgIpc) is 3.05. The lowest BCUT2D eigenvalue weighted by Crippen LogP contribution is -2.27. The van der Waals surface area contributed by atoms with Crippen molar-refractivity contribution < 1.29 is 17.6 Å². The standard InChI is InChI=1S/C20H18N4O5S/c1-12-7-8-13(9-15(12)23-30(2,27)28)22-17(25)10-24-11-21-18-14-5-3-4-6-16(14)29-19(18)20(24)26/h3-9,11,23H,10H2,1-2H3,(H,22,25). The highest BCUT2D eigenvalue weighted by molar-refractivity contribution is 7.92. The number of sulfonamides is 1. The van der Waals surface area contributed by atoms with Crippen LogP contribution >= 0.6 is 0 Å². The monoisotopic (exact) mass is 426 g/mol. The lowest BCUT2D eigenvalue weighted by Gasteiger charge is -2.11. The molecule has 30 heavy (non-hydrogen) atoms. The first-order valence-corrected chi connectivity index (χ1v) is 10.9. The molecule has 2 aromatic carbocycles. The van der Waals surface area contributed by atoms with Crippen LogP contribution in [-0.2, 0) is 21.4 Å². The summed E-state index contributed by atoms with van der Waals surface area (Å²) < 4.78 is 32.1. The van der Waals surface area contributed by atoms with Crippen LogP contribution < -0.4 is 15.6 Å². The van der Waals surface area contributed by atoms with Crippen LogP contribution in [0, 0.1) is 6.92 Å². The van der Waals surface area contributed by atoms with Gasteiger partial charge < -0.3 is 9.73 Å². The van der Waals surface area contributed by atoms with Crippen molar-refractivity contribution in [2.75, 3.05) is 16.3 Å². The number of benzene rings is 2. The van der Waals surface area contributed by atoms with Gasteiger partial charge in [0.15, 0.2) is 0 Å². The summed E-state index contributed by atoms with van der Waals surface area (Å²) in [4.78, 5) is 29.4. The number of nitrogens with zero attached hydrogens (tertiary/aromatic N) is 2. The summed E-state index contributed by atoms with van der Waals surface area (Å²) in [6.45, 7) is 1.47. The molecule has 4 aromatic rings. The van der Waals surface area contributed by atoms with E-state index in [2.05, 4.69) is 15.0 Å². The van der Waals surface area contributed by atoms with Gasteiger partial charge in [0.1, 0.15) is 17.6 Å². The SMILES string of the molecule is Cc1ccc(NC(=O)Cn2cnc3c(oc4ccccc43)c2=O)cc1NS(C)(=O)=O. The number of amides is 1. The molecule has 0 saturated heterocycles. The summed E-state index contributed by atoms with van der Waals surface area (Å²) in [7, 11) is -3.46. The summed E-state index contributed by atoms with van der Waals surface area (Å²) in [5.41, 5.74) is 2.07. The van der Waals surface area contributed by atoms with E-state index in [9.17, 15) is 18.0 Å². The molecular formula is C20H18N4O5S. The number of rotatable bonds is 5. The number of aromatic nitrogens is 2. The molecule has 4 rings (SSSR count). The molecule has 2 heterocycles. The molecule has 154 valence electrons. The zero-order valence-corrected chi connectivity index (χ0v) is 17.0. The topological polar surface area (TPSA) is 123 Å². The maximum atomic E-state index is 12.7. The fourth-order valence-electron chi connectivity index (χ4n) is 3.09. The minimum atomic E-state index is -3.46. The van der Waals surface area contributed by atoms with Crippen LogP contribution in [0.15, 0.2) is 58.0 Å². The van der Waals surface area contributed by atoms with E-state index < -0.39 is 21.5 Å². The van der Waals surface area contributed by atoms with Gasteiger partial charge in [0, 0.05) is 11.1 Å². The lowest BCUT2D eigenvalue weighted by molar-refractivity contribution is -0.116.